The van der Waals surface area contributed by atoms with Crippen LogP contribution in [-0.4, -0.2) is 18.8 Å². The van der Waals surface area contributed by atoms with E-state index in [1.807, 2.05) is 0 Å². The van der Waals surface area contributed by atoms with Crippen molar-refractivity contribution in [1.29, 1.82) is 0 Å². The minimum Gasteiger partial charge on any atom is -0.466 e. The van der Waals surface area contributed by atoms with Gasteiger partial charge in [-0.3, -0.25) is 4.79 Å². The fourth-order valence-electron chi connectivity index (χ4n) is 1.09. The summed E-state index contributed by atoms with van der Waals surface area (Å²) in [7, 11) is 0. The fourth-order valence-corrected chi connectivity index (χ4v) is 1.09. The predicted octanol–water partition coefficient (Wildman–Crippen LogP) is 2.77. The molecule has 14 heavy (non-hydrogen) atoms. The van der Waals surface area contributed by atoms with E-state index < -0.39 is 24.5 Å². The molecule has 0 aromatic rings. The predicted molar refractivity (Wildman–Crippen MR) is 45.6 cm³/mol. The SMILES string of the molecule is CCOC(=O)C(CC(F)(F)F)C(C)C. The molecule has 0 radical (unpaired) electrons. The number of rotatable bonds is 4. The van der Waals surface area contributed by atoms with Crippen LogP contribution in [0.2, 0.25) is 0 Å². The average Bonchev–Trinajstić information content (AvgIpc) is 1.98. The highest BCUT2D eigenvalue weighted by Crippen LogP contribution is 2.29. The quantitative estimate of drug-likeness (QED) is 0.670. The highest BCUT2D eigenvalue weighted by molar-refractivity contribution is 5.72. The van der Waals surface area contributed by atoms with E-state index in [9.17, 15) is 18.0 Å². The highest BCUT2D eigenvalue weighted by Gasteiger charge is 2.37. The first kappa shape index (κ1) is 13.3. The van der Waals surface area contributed by atoms with E-state index in [0.29, 0.717) is 0 Å². The minimum absolute atomic E-state index is 0.111. The van der Waals surface area contributed by atoms with E-state index in [2.05, 4.69) is 4.74 Å². The van der Waals surface area contributed by atoms with Crippen molar-refractivity contribution in [3.05, 3.63) is 0 Å². The maximum Gasteiger partial charge on any atom is 0.389 e. The standard InChI is InChI=1S/C9H15F3O2/c1-4-14-8(13)7(6(2)3)5-9(10,11)12/h6-7H,4-5H2,1-3H3. The van der Waals surface area contributed by atoms with Crippen LogP contribution in [0.25, 0.3) is 0 Å². The largest absolute Gasteiger partial charge is 0.466 e. The van der Waals surface area contributed by atoms with Crippen molar-refractivity contribution in [2.45, 2.75) is 33.4 Å². The third-order valence-electron chi connectivity index (χ3n) is 1.85. The number of hydrogen-bond donors (Lipinski definition) is 0. The van der Waals surface area contributed by atoms with Gasteiger partial charge in [-0.05, 0) is 12.8 Å². The summed E-state index contributed by atoms with van der Waals surface area (Å²) in [6.45, 7) is 4.84. The molecule has 0 aliphatic carbocycles. The first-order valence-corrected chi connectivity index (χ1v) is 4.51. The second kappa shape index (κ2) is 5.22. The molecule has 0 aliphatic heterocycles. The van der Waals surface area contributed by atoms with Gasteiger partial charge in [-0.1, -0.05) is 13.8 Å². The third kappa shape index (κ3) is 5.09. The summed E-state index contributed by atoms with van der Waals surface area (Å²) in [6, 6.07) is 0. The molecule has 1 atom stereocenters. The van der Waals surface area contributed by atoms with Crippen LogP contribution in [0.3, 0.4) is 0 Å². The zero-order chi connectivity index (χ0) is 11.4. The van der Waals surface area contributed by atoms with Crippen molar-refractivity contribution in [3.63, 3.8) is 0 Å². The van der Waals surface area contributed by atoms with Gasteiger partial charge < -0.3 is 4.74 Å². The number of esters is 1. The Hall–Kier alpha value is -0.740. The van der Waals surface area contributed by atoms with E-state index in [1.54, 1.807) is 20.8 Å². The van der Waals surface area contributed by atoms with Gasteiger partial charge in [0, 0.05) is 0 Å². The normalized spacial score (nSPS) is 14.2. The molecule has 5 heteroatoms. The molecule has 0 spiro atoms. The van der Waals surface area contributed by atoms with Gasteiger partial charge in [0.25, 0.3) is 0 Å². The van der Waals surface area contributed by atoms with Crippen molar-refractivity contribution < 1.29 is 22.7 Å². The van der Waals surface area contributed by atoms with Crippen molar-refractivity contribution in [3.8, 4) is 0 Å². The first-order chi connectivity index (χ1) is 6.28. The second-order valence-electron chi connectivity index (χ2n) is 3.42. The highest BCUT2D eigenvalue weighted by atomic mass is 19.4. The molecule has 0 rings (SSSR count). The zero-order valence-corrected chi connectivity index (χ0v) is 8.52. The molecular weight excluding hydrogens is 197 g/mol. The number of hydrogen-bond acceptors (Lipinski definition) is 2. The van der Waals surface area contributed by atoms with Crippen LogP contribution in [0.5, 0.6) is 0 Å². The van der Waals surface area contributed by atoms with Gasteiger partial charge in [-0.25, -0.2) is 0 Å². The van der Waals surface area contributed by atoms with Crippen molar-refractivity contribution in [1.82, 2.24) is 0 Å². The van der Waals surface area contributed by atoms with Crippen molar-refractivity contribution in [2.75, 3.05) is 6.61 Å². The van der Waals surface area contributed by atoms with Gasteiger partial charge in [-0.2, -0.15) is 13.2 Å². The molecule has 0 N–H and O–H groups in total. The molecule has 0 aliphatic rings. The minimum atomic E-state index is -4.32. The topological polar surface area (TPSA) is 26.3 Å². The number of carbonyl (C=O) groups excluding carboxylic acids is 1. The molecule has 2 nitrogen and oxygen atoms in total. The molecule has 0 bridgehead atoms. The maximum atomic E-state index is 12.1. The molecule has 0 fully saturated rings. The van der Waals surface area contributed by atoms with Crippen LogP contribution in [0.4, 0.5) is 13.2 Å². The summed E-state index contributed by atoms with van der Waals surface area (Å²) < 4.78 is 40.7. The van der Waals surface area contributed by atoms with Crippen molar-refractivity contribution in [2.24, 2.45) is 11.8 Å². The summed E-state index contributed by atoms with van der Waals surface area (Å²) in [5.74, 6) is -2.22. The Morgan fingerprint density at radius 3 is 2.14 bits per heavy atom. The van der Waals surface area contributed by atoms with Gasteiger partial charge in [0.2, 0.25) is 0 Å². The van der Waals surface area contributed by atoms with Gasteiger partial charge in [0.1, 0.15) is 0 Å². The van der Waals surface area contributed by atoms with E-state index in [1.165, 1.54) is 0 Å². The summed E-state index contributed by atoms with van der Waals surface area (Å²) in [5, 5.41) is 0. The average molecular weight is 212 g/mol. The van der Waals surface area contributed by atoms with Crippen LogP contribution in [0.1, 0.15) is 27.2 Å². The van der Waals surface area contributed by atoms with E-state index in [-0.39, 0.29) is 12.5 Å². The summed E-state index contributed by atoms with van der Waals surface area (Å²) in [5.41, 5.74) is 0. The lowest BCUT2D eigenvalue weighted by Gasteiger charge is -2.20. The Labute approximate surface area is 81.4 Å². The number of carbonyl (C=O) groups is 1. The molecular formula is C9H15F3O2. The number of ether oxygens (including phenoxy) is 1. The van der Waals surface area contributed by atoms with Gasteiger partial charge in [-0.15, -0.1) is 0 Å². The molecule has 0 saturated heterocycles. The number of alkyl halides is 3. The Bertz CT molecular complexity index is 187. The Balaban J connectivity index is 4.37. The maximum absolute atomic E-state index is 12.1. The molecule has 0 aromatic heterocycles. The van der Waals surface area contributed by atoms with E-state index >= 15 is 0 Å². The van der Waals surface area contributed by atoms with Crippen LogP contribution < -0.4 is 0 Å². The smallest absolute Gasteiger partial charge is 0.389 e. The monoisotopic (exact) mass is 212 g/mol. The Morgan fingerprint density at radius 2 is 1.86 bits per heavy atom. The van der Waals surface area contributed by atoms with Crippen LogP contribution in [0.15, 0.2) is 0 Å². The lowest BCUT2D eigenvalue weighted by Crippen LogP contribution is -2.28. The van der Waals surface area contributed by atoms with E-state index in [4.69, 9.17) is 0 Å². The van der Waals surface area contributed by atoms with Crippen LogP contribution in [0, 0.1) is 11.8 Å². The van der Waals surface area contributed by atoms with Gasteiger partial charge >= 0.3 is 12.1 Å². The van der Waals surface area contributed by atoms with Gasteiger partial charge in [0.05, 0.1) is 18.9 Å². The summed E-state index contributed by atoms with van der Waals surface area (Å²) in [4.78, 5) is 11.1. The lowest BCUT2D eigenvalue weighted by atomic mass is 9.92. The molecule has 84 valence electrons. The second-order valence-corrected chi connectivity index (χ2v) is 3.42. The van der Waals surface area contributed by atoms with Crippen molar-refractivity contribution >= 4 is 5.97 Å². The summed E-state index contributed by atoms with van der Waals surface area (Å²) >= 11 is 0. The molecule has 1 unspecified atom stereocenters. The van der Waals surface area contributed by atoms with Crippen LogP contribution >= 0.6 is 0 Å². The molecule has 0 aromatic carbocycles. The van der Waals surface area contributed by atoms with E-state index in [0.717, 1.165) is 0 Å². The number of halogens is 3. The Morgan fingerprint density at radius 1 is 1.36 bits per heavy atom. The summed E-state index contributed by atoms with van der Waals surface area (Å²) in [6.07, 6.45) is -5.43. The molecule has 0 amide bonds. The molecule has 0 heterocycles. The Kier molecular flexibility index (Phi) is 4.94. The van der Waals surface area contributed by atoms with Crippen LogP contribution in [-0.2, 0) is 9.53 Å². The fraction of sp³-hybridized carbons (Fsp3) is 0.889. The van der Waals surface area contributed by atoms with Gasteiger partial charge in [0.15, 0.2) is 0 Å². The first-order valence-electron chi connectivity index (χ1n) is 4.51. The zero-order valence-electron chi connectivity index (χ0n) is 8.52. The lowest BCUT2D eigenvalue weighted by molar-refractivity contribution is -0.170. The molecule has 0 saturated carbocycles. The third-order valence-corrected chi connectivity index (χ3v) is 1.85.